The maximum atomic E-state index is 14.6. The second-order valence-electron chi connectivity index (χ2n) is 6.83. The van der Waals surface area contributed by atoms with Crippen molar-refractivity contribution in [1.29, 1.82) is 0 Å². The van der Waals surface area contributed by atoms with Gasteiger partial charge in [0.25, 0.3) is 0 Å². The molecule has 0 saturated heterocycles. The molecule has 0 atom stereocenters. The van der Waals surface area contributed by atoms with Gasteiger partial charge in [-0.1, -0.05) is 86.5 Å². The molecule has 0 amide bonds. The van der Waals surface area contributed by atoms with Gasteiger partial charge in [-0.15, -0.1) is 0 Å². The van der Waals surface area contributed by atoms with Gasteiger partial charge in [-0.25, -0.2) is 4.67 Å². The first-order valence-corrected chi connectivity index (χ1v) is 11.4. The lowest BCUT2D eigenvalue weighted by molar-refractivity contribution is 0.403. The Morgan fingerprint density at radius 1 is 0.704 bits per heavy atom. The van der Waals surface area contributed by atoms with Gasteiger partial charge in [0, 0.05) is 23.7 Å². The zero-order valence-electron chi connectivity index (χ0n) is 16.0. The number of hydrogen-bond donors (Lipinski definition) is 0. The average molecular weight is 377 g/mol. The molecule has 0 saturated carbocycles. The molecule has 3 aromatic rings. The summed E-state index contributed by atoms with van der Waals surface area (Å²) < 4.78 is 16.9. The normalized spacial score (nSPS) is 11.6. The van der Waals surface area contributed by atoms with Crippen LogP contribution in [0.25, 0.3) is 0 Å². The van der Waals surface area contributed by atoms with Crippen LogP contribution in [-0.2, 0) is 11.1 Å². The Labute approximate surface area is 163 Å². The number of unbranched alkanes of at least 4 members (excludes halogenated alkanes) is 2. The molecule has 0 N–H and O–H groups in total. The molecule has 0 heterocycles. The fraction of sp³-hybridized carbons (Fsp3) is 0.250. The summed E-state index contributed by atoms with van der Waals surface area (Å²) in [4.78, 5) is 0. The monoisotopic (exact) mass is 377 g/mol. The molecular weight excluding hydrogens is 349 g/mol. The standard InChI is InChI=1S/C24H28NOP/c1-2-3-13-20-25(21-22-14-7-4-8-15-22)27(26,23-16-9-5-10-17-23)24-18-11-6-12-19-24/h4-12,14-19H,2-3,13,20-21H2,1H3. The van der Waals surface area contributed by atoms with Gasteiger partial charge in [-0.05, 0) is 36.2 Å². The summed E-state index contributed by atoms with van der Waals surface area (Å²) in [6.07, 6.45) is 3.35. The maximum Gasteiger partial charge on any atom is 0.207 e. The quantitative estimate of drug-likeness (QED) is 0.357. The Balaban J connectivity index is 2.05. The largest absolute Gasteiger partial charge is 0.296 e. The first kappa shape index (κ1) is 19.6. The molecule has 0 aliphatic heterocycles. The van der Waals surface area contributed by atoms with E-state index in [1.807, 2.05) is 66.7 Å². The Bertz CT molecular complexity index is 806. The molecule has 0 unspecified atom stereocenters. The van der Waals surface area contributed by atoms with E-state index in [9.17, 15) is 4.57 Å². The van der Waals surface area contributed by atoms with Crippen molar-refractivity contribution in [2.75, 3.05) is 6.54 Å². The molecule has 0 radical (unpaired) electrons. The van der Waals surface area contributed by atoms with Gasteiger partial charge in [-0.3, -0.25) is 4.57 Å². The Hall–Kier alpha value is -2.15. The molecule has 3 rings (SSSR count). The third-order valence-corrected chi connectivity index (χ3v) is 7.97. The van der Waals surface area contributed by atoms with E-state index in [4.69, 9.17) is 0 Å². The van der Waals surface area contributed by atoms with Crippen LogP contribution in [0.15, 0.2) is 91.0 Å². The van der Waals surface area contributed by atoms with Gasteiger partial charge < -0.3 is 0 Å². The number of hydrogen-bond acceptors (Lipinski definition) is 1. The van der Waals surface area contributed by atoms with Crippen molar-refractivity contribution in [3.63, 3.8) is 0 Å². The molecule has 0 fully saturated rings. The number of rotatable bonds is 9. The highest BCUT2D eigenvalue weighted by Crippen LogP contribution is 2.48. The van der Waals surface area contributed by atoms with E-state index in [0.29, 0.717) is 6.54 Å². The van der Waals surface area contributed by atoms with Crippen LogP contribution in [0.4, 0.5) is 0 Å². The van der Waals surface area contributed by atoms with E-state index in [2.05, 4.69) is 35.9 Å². The van der Waals surface area contributed by atoms with Gasteiger partial charge in [-0.2, -0.15) is 0 Å². The van der Waals surface area contributed by atoms with Crippen LogP contribution in [0.1, 0.15) is 31.7 Å². The van der Waals surface area contributed by atoms with E-state index in [-0.39, 0.29) is 0 Å². The molecule has 2 nitrogen and oxygen atoms in total. The lowest BCUT2D eigenvalue weighted by Gasteiger charge is -2.33. The highest BCUT2D eigenvalue weighted by Gasteiger charge is 2.34. The minimum Gasteiger partial charge on any atom is -0.296 e. The molecule has 0 spiro atoms. The summed E-state index contributed by atoms with van der Waals surface area (Å²) in [5.74, 6) is 0. The highest BCUT2D eigenvalue weighted by atomic mass is 31.2. The smallest absolute Gasteiger partial charge is 0.207 e. The fourth-order valence-electron chi connectivity index (χ4n) is 3.39. The summed E-state index contributed by atoms with van der Waals surface area (Å²) in [6, 6.07) is 30.3. The molecule has 0 aliphatic rings. The van der Waals surface area contributed by atoms with Crippen molar-refractivity contribution < 1.29 is 4.57 Å². The van der Waals surface area contributed by atoms with Crippen LogP contribution >= 0.6 is 7.29 Å². The van der Waals surface area contributed by atoms with Crippen LogP contribution in [-0.4, -0.2) is 11.2 Å². The molecule has 0 aromatic heterocycles. The molecule has 140 valence electrons. The molecule has 3 aromatic carbocycles. The number of nitrogens with zero attached hydrogens (tertiary/aromatic N) is 1. The van der Waals surface area contributed by atoms with Crippen molar-refractivity contribution in [2.45, 2.75) is 32.7 Å². The van der Waals surface area contributed by atoms with E-state index < -0.39 is 7.29 Å². The SMILES string of the molecule is CCCCCN(Cc1ccccc1)P(=O)(c1ccccc1)c1ccccc1. The summed E-state index contributed by atoms with van der Waals surface area (Å²) in [7, 11) is -2.91. The third kappa shape index (κ3) is 4.77. The molecule has 27 heavy (non-hydrogen) atoms. The number of benzene rings is 3. The van der Waals surface area contributed by atoms with Crippen LogP contribution in [0, 0.1) is 0 Å². The molecule has 3 heteroatoms. The van der Waals surface area contributed by atoms with Crippen molar-refractivity contribution in [2.24, 2.45) is 0 Å². The topological polar surface area (TPSA) is 20.3 Å². The lowest BCUT2D eigenvalue weighted by atomic mass is 10.2. The summed E-state index contributed by atoms with van der Waals surface area (Å²) in [6.45, 7) is 3.71. The van der Waals surface area contributed by atoms with Crippen molar-refractivity contribution in [1.82, 2.24) is 4.67 Å². The summed E-state index contributed by atoms with van der Waals surface area (Å²) in [5, 5.41) is 1.81. The van der Waals surface area contributed by atoms with Gasteiger partial charge in [0.15, 0.2) is 0 Å². The Morgan fingerprint density at radius 2 is 1.19 bits per heavy atom. The van der Waals surface area contributed by atoms with Gasteiger partial charge >= 0.3 is 0 Å². The predicted octanol–water partition coefficient (Wildman–Crippen LogP) is 5.61. The first-order chi connectivity index (χ1) is 13.2. The van der Waals surface area contributed by atoms with E-state index >= 15 is 0 Å². The van der Waals surface area contributed by atoms with E-state index in [1.165, 1.54) is 5.56 Å². The zero-order valence-corrected chi connectivity index (χ0v) is 16.9. The maximum absolute atomic E-state index is 14.6. The van der Waals surface area contributed by atoms with Gasteiger partial charge in [0.05, 0.1) is 0 Å². The summed E-state index contributed by atoms with van der Waals surface area (Å²) >= 11 is 0. The van der Waals surface area contributed by atoms with Crippen LogP contribution in [0.2, 0.25) is 0 Å². The van der Waals surface area contributed by atoms with E-state index in [1.54, 1.807) is 0 Å². The molecule has 0 bridgehead atoms. The van der Waals surface area contributed by atoms with Crippen LogP contribution in [0.3, 0.4) is 0 Å². The second kappa shape index (κ2) is 9.69. The molecular formula is C24H28NOP. The highest BCUT2D eigenvalue weighted by molar-refractivity contribution is 7.76. The third-order valence-electron chi connectivity index (χ3n) is 4.84. The second-order valence-corrected chi connectivity index (χ2v) is 9.58. The Kier molecular flexibility index (Phi) is 7.04. The zero-order chi connectivity index (χ0) is 19.0. The summed E-state index contributed by atoms with van der Waals surface area (Å²) in [5.41, 5.74) is 1.20. The van der Waals surface area contributed by atoms with E-state index in [0.717, 1.165) is 36.4 Å². The Morgan fingerprint density at radius 3 is 1.67 bits per heavy atom. The lowest BCUT2D eigenvalue weighted by Crippen LogP contribution is -2.32. The fourth-order valence-corrected chi connectivity index (χ4v) is 6.28. The van der Waals surface area contributed by atoms with Crippen LogP contribution in [0.5, 0.6) is 0 Å². The average Bonchev–Trinajstić information content (AvgIpc) is 2.74. The van der Waals surface area contributed by atoms with Crippen molar-refractivity contribution in [3.05, 3.63) is 96.6 Å². The first-order valence-electron chi connectivity index (χ1n) is 9.75. The van der Waals surface area contributed by atoms with Gasteiger partial charge in [0.2, 0.25) is 7.29 Å². The molecule has 0 aliphatic carbocycles. The van der Waals surface area contributed by atoms with Crippen molar-refractivity contribution in [3.8, 4) is 0 Å². The van der Waals surface area contributed by atoms with Crippen molar-refractivity contribution >= 4 is 17.9 Å². The minimum absolute atomic E-state index is 0.686. The van der Waals surface area contributed by atoms with Crippen LogP contribution < -0.4 is 10.6 Å². The minimum atomic E-state index is -2.91. The predicted molar refractivity (Wildman–Crippen MR) is 116 cm³/mol. The van der Waals surface area contributed by atoms with Gasteiger partial charge in [0.1, 0.15) is 0 Å².